The average molecular weight is 396 g/mol. The Kier molecular flexibility index (Phi) is 7.39. The molecule has 29 heavy (non-hydrogen) atoms. The molecule has 1 saturated heterocycles. The molecule has 0 aromatic carbocycles. The lowest BCUT2D eigenvalue weighted by Crippen LogP contribution is -2.46. The Labute approximate surface area is 176 Å². The van der Waals surface area contributed by atoms with Crippen molar-refractivity contribution in [1.29, 1.82) is 0 Å². The molecule has 0 spiro atoms. The fourth-order valence-corrected chi connectivity index (χ4v) is 5.24. The zero-order valence-electron chi connectivity index (χ0n) is 18.1. The summed E-state index contributed by atoms with van der Waals surface area (Å²) in [5, 5.41) is 0. The molecule has 1 saturated carbocycles. The van der Waals surface area contributed by atoms with E-state index >= 15 is 0 Å². The number of likely N-dealkylation sites (tertiary alicyclic amines) is 1. The van der Waals surface area contributed by atoms with E-state index < -0.39 is 0 Å². The summed E-state index contributed by atoms with van der Waals surface area (Å²) >= 11 is 0. The first-order valence-corrected chi connectivity index (χ1v) is 11.7. The topological polar surface area (TPSA) is 32.5 Å². The predicted molar refractivity (Wildman–Crippen MR) is 118 cm³/mol. The van der Waals surface area contributed by atoms with Gasteiger partial charge >= 0.3 is 0 Å². The van der Waals surface area contributed by atoms with Crippen molar-refractivity contribution in [3.8, 4) is 0 Å². The number of pyridine rings is 1. The van der Waals surface area contributed by atoms with Crippen LogP contribution < -0.4 is 0 Å². The summed E-state index contributed by atoms with van der Waals surface area (Å²) in [6, 6.07) is 9.36. The predicted octanol–water partition coefficient (Wildman–Crippen LogP) is 5.28. The standard InChI is InChI=1S/C25H37N3O/c1-2-24-12-13-25(29-24)20-27(17-21-8-6-14-26-16-21)18-22-9-7-15-28(19-22)23-10-4-3-5-11-23/h6,8,12-14,16,22-23H,2-5,7,9-11,15,17-20H2,1H3. The van der Waals surface area contributed by atoms with Crippen LogP contribution in [0.4, 0.5) is 0 Å². The van der Waals surface area contributed by atoms with Gasteiger partial charge in [0.25, 0.3) is 0 Å². The highest BCUT2D eigenvalue weighted by Gasteiger charge is 2.28. The highest BCUT2D eigenvalue weighted by atomic mass is 16.3. The van der Waals surface area contributed by atoms with E-state index in [-0.39, 0.29) is 0 Å². The van der Waals surface area contributed by atoms with Crippen LogP contribution in [0.15, 0.2) is 41.1 Å². The molecule has 2 fully saturated rings. The lowest BCUT2D eigenvalue weighted by Gasteiger charge is -2.41. The van der Waals surface area contributed by atoms with E-state index in [2.05, 4.69) is 39.9 Å². The van der Waals surface area contributed by atoms with Crippen LogP contribution in [0.25, 0.3) is 0 Å². The van der Waals surface area contributed by atoms with Gasteiger partial charge in [-0.1, -0.05) is 32.3 Å². The van der Waals surface area contributed by atoms with Crippen LogP contribution >= 0.6 is 0 Å². The van der Waals surface area contributed by atoms with Gasteiger partial charge in [0.2, 0.25) is 0 Å². The third-order valence-electron chi connectivity index (χ3n) is 6.73. The molecule has 3 heterocycles. The van der Waals surface area contributed by atoms with Crippen LogP contribution in [-0.2, 0) is 19.5 Å². The molecule has 0 bridgehead atoms. The Morgan fingerprint density at radius 3 is 2.66 bits per heavy atom. The molecule has 4 rings (SSSR count). The van der Waals surface area contributed by atoms with Crippen LogP contribution in [-0.4, -0.2) is 40.5 Å². The number of rotatable bonds is 8. The lowest BCUT2D eigenvalue weighted by molar-refractivity contribution is 0.0754. The van der Waals surface area contributed by atoms with Gasteiger partial charge in [0.15, 0.2) is 0 Å². The highest BCUT2D eigenvalue weighted by molar-refractivity contribution is 5.10. The highest BCUT2D eigenvalue weighted by Crippen LogP contribution is 2.28. The molecule has 0 N–H and O–H groups in total. The molecule has 2 aromatic rings. The first kappa shape index (κ1) is 20.6. The number of piperidine rings is 1. The van der Waals surface area contributed by atoms with Crippen molar-refractivity contribution in [2.45, 2.75) is 77.4 Å². The van der Waals surface area contributed by atoms with E-state index in [0.29, 0.717) is 0 Å². The maximum absolute atomic E-state index is 6.04. The molecule has 2 aromatic heterocycles. The second-order valence-electron chi connectivity index (χ2n) is 9.05. The van der Waals surface area contributed by atoms with Gasteiger partial charge in [-0.25, -0.2) is 0 Å². The SMILES string of the molecule is CCc1ccc(CN(Cc2cccnc2)CC2CCCN(C3CCCCC3)C2)o1. The molecule has 1 atom stereocenters. The summed E-state index contributed by atoms with van der Waals surface area (Å²) < 4.78 is 6.04. The van der Waals surface area contributed by atoms with Crippen LogP contribution in [0.5, 0.6) is 0 Å². The van der Waals surface area contributed by atoms with Gasteiger partial charge in [-0.15, -0.1) is 0 Å². The van der Waals surface area contributed by atoms with Crippen LogP contribution in [0, 0.1) is 5.92 Å². The number of aryl methyl sites for hydroxylation is 1. The number of aromatic nitrogens is 1. The minimum absolute atomic E-state index is 0.753. The maximum atomic E-state index is 6.04. The van der Waals surface area contributed by atoms with Crippen molar-refractivity contribution in [1.82, 2.24) is 14.8 Å². The fraction of sp³-hybridized carbons (Fsp3) is 0.640. The number of furan rings is 1. The van der Waals surface area contributed by atoms with Gasteiger partial charge in [0.05, 0.1) is 6.54 Å². The summed E-state index contributed by atoms with van der Waals surface area (Å²) in [6.07, 6.45) is 14.6. The third-order valence-corrected chi connectivity index (χ3v) is 6.73. The van der Waals surface area contributed by atoms with E-state index in [1.54, 1.807) is 0 Å². The Morgan fingerprint density at radius 2 is 1.90 bits per heavy atom. The van der Waals surface area contributed by atoms with Gasteiger partial charge in [-0.3, -0.25) is 9.88 Å². The van der Waals surface area contributed by atoms with Crippen molar-refractivity contribution >= 4 is 0 Å². The van der Waals surface area contributed by atoms with Crippen molar-refractivity contribution in [2.75, 3.05) is 19.6 Å². The summed E-state index contributed by atoms with van der Waals surface area (Å²) in [4.78, 5) is 9.71. The Morgan fingerprint density at radius 1 is 1.03 bits per heavy atom. The van der Waals surface area contributed by atoms with Crippen molar-refractivity contribution < 1.29 is 4.42 Å². The molecule has 4 nitrogen and oxygen atoms in total. The van der Waals surface area contributed by atoms with E-state index in [1.165, 1.54) is 63.6 Å². The normalized spacial score (nSPS) is 21.7. The smallest absolute Gasteiger partial charge is 0.118 e. The Balaban J connectivity index is 1.40. The molecular weight excluding hydrogens is 358 g/mol. The van der Waals surface area contributed by atoms with Gasteiger partial charge in [0.1, 0.15) is 11.5 Å². The van der Waals surface area contributed by atoms with E-state index in [1.807, 2.05) is 18.5 Å². The van der Waals surface area contributed by atoms with Crippen LogP contribution in [0.3, 0.4) is 0 Å². The molecule has 0 amide bonds. The second kappa shape index (κ2) is 10.4. The minimum Gasteiger partial charge on any atom is -0.465 e. The van der Waals surface area contributed by atoms with Gasteiger partial charge in [-0.2, -0.15) is 0 Å². The molecule has 4 heteroatoms. The van der Waals surface area contributed by atoms with Crippen molar-refractivity contribution in [3.63, 3.8) is 0 Å². The third kappa shape index (κ3) is 5.93. The molecule has 1 aliphatic carbocycles. The molecular formula is C25H37N3O. The maximum Gasteiger partial charge on any atom is 0.118 e. The summed E-state index contributed by atoms with van der Waals surface area (Å²) in [5.41, 5.74) is 1.29. The molecule has 1 aliphatic heterocycles. The minimum atomic E-state index is 0.753. The number of hydrogen-bond acceptors (Lipinski definition) is 4. The summed E-state index contributed by atoms with van der Waals surface area (Å²) in [7, 11) is 0. The van der Waals surface area contributed by atoms with E-state index in [0.717, 1.165) is 49.5 Å². The molecule has 0 radical (unpaired) electrons. The van der Waals surface area contributed by atoms with Crippen LogP contribution in [0.1, 0.15) is 69.0 Å². The van der Waals surface area contributed by atoms with Crippen molar-refractivity contribution in [2.24, 2.45) is 5.92 Å². The molecule has 1 unspecified atom stereocenters. The first-order valence-electron chi connectivity index (χ1n) is 11.7. The van der Waals surface area contributed by atoms with Gasteiger partial charge < -0.3 is 9.32 Å². The largest absolute Gasteiger partial charge is 0.465 e. The zero-order valence-corrected chi connectivity index (χ0v) is 18.1. The quantitative estimate of drug-likeness (QED) is 0.608. The van der Waals surface area contributed by atoms with Crippen LogP contribution in [0.2, 0.25) is 0 Å². The van der Waals surface area contributed by atoms with E-state index in [9.17, 15) is 0 Å². The lowest BCUT2D eigenvalue weighted by atomic mass is 9.90. The Hall–Kier alpha value is -1.65. The van der Waals surface area contributed by atoms with Crippen molar-refractivity contribution in [3.05, 3.63) is 53.7 Å². The zero-order chi connectivity index (χ0) is 19.9. The van der Waals surface area contributed by atoms with E-state index in [4.69, 9.17) is 4.42 Å². The fourth-order valence-electron chi connectivity index (χ4n) is 5.24. The molecule has 2 aliphatic rings. The first-order chi connectivity index (χ1) is 14.3. The summed E-state index contributed by atoms with van der Waals surface area (Å²) in [5.74, 6) is 2.93. The second-order valence-corrected chi connectivity index (χ2v) is 9.05. The number of nitrogens with zero attached hydrogens (tertiary/aromatic N) is 3. The van der Waals surface area contributed by atoms with Gasteiger partial charge in [0, 0.05) is 44.5 Å². The average Bonchev–Trinajstić information content (AvgIpc) is 3.23. The number of hydrogen-bond donors (Lipinski definition) is 0. The summed E-state index contributed by atoms with van der Waals surface area (Å²) in [6.45, 7) is 7.69. The molecule has 158 valence electrons. The monoisotopic (exact) mass is 395 g/mol. The van der Waals surface area contributed by atoms with Gasteiger partial charge in [-0.05, 0) is 61.9 Å². The Bertz CT molecular complexity index is 723.